The molecule has 1 aromatic carbocycles. The first-order valence-electron chi connectivity index (χ1n) is 8.85. The Kier molecular flexibility index (Phi) is 6.06. The molecule has 0 spiro atoms. The molecule has 3 rings (SSSR count). The molecule has 26 heavy (non-hydrogen) atoms. The minimum atomic E-state index is -0.130. The van der Waals surface area contributed by atoms with E-state index in [0.29, 0.717) is 16.3 Å². The summed E-state index contributed by atoms with van der Waals surface area (Å²) >= 11 is 1.24. The molecule has 0 unspecified atom stereocenters. The number of likely N-dealkylation sites (tertiary alicyclic amines) is 1. The second kappa shape index (κ2) is 8.47. The smallest absolute Gasteiger partial charge is 0.261 e. The summed E-state index contributed by atoms with van der Waals surface area (Å²) in [6.45, 7) is 4.11. The Labute approximate surface area is 158 Å². The number of carbonyl (C=O) groups excluding carboxylic acids is 2. The van der Waals surface area contributed by atoms with E-state index < -0.39 is 0 Å². The fraction of sp³-hybridized carbons (Fsp3) is 0.400. The molecule has 0 saturated carbocycles. The van der Waals surface area contributed by atoms with Crippen LogP contribution in [-0.2, 0) is 0 Å². The van der Waals surface area contributed by atoms with Gasteiger partial charge in [-0.05, 0) is 62.7 Å². The van der Waals surface area contributed by atoms with Crippen LogP contribution in [-0.4, -0.2) is 43.3 Å². The van der Waals surface area contributed by atoms with E-state index in [-0.39, 0.29) is 17.7 Å². The number of ether oxygens (including phenoxy) is 1. The fourth-order valence-electron chi connectivity index (χ4n) is 3.29. The van der Waals surface area contributed by atoms with Crippen molar-refractivity contribution in [2.45, 2.75) is 25.8 Å². The van der Waals surface area contributed by atoms with Crippen LogP contribution >= 0.6 is 11.3 Å². The standard InChI is InChI=1S/C20H24N2O3S/c1-14(23)18-8-9-19(26-18)20(24)21-13-17(22-10-3-4-11-22)15-6-5-7-16(12-15)25-2/h5-9,12,17H,3-4,10-11,13H2,1-2H3,(H,21,24)/t17-/m1/s1. The number of ketones is 1. The SMILES string of the molecule is COc1cccc([C@@H](CNC(=O)c2ccc(C(C)=O)s2)N2CCCC2)c1. The molecule has 1 amide bonds. The number of thiophene rings is 1. The van der Waals surface area contributed by atoms with Crippen molar-refractivity contribution in [3.63, 3.8) is 0 Å². The van der Waals surface area contributed by atoms with Gasteiger partial charge in [0, 0.05) is 6.54 Å². The number of nitrogens with zero attached hydrogens (tertiary/aromatic N) is 1. The number of amides is 1. The zero-order chi connectivity index (χ0) is 18.5. The van der Waals surface area contributed by atoms with Gasteiger partial charge in [-0.25, -0.2) is 0 Å². The van der Waals surface area contributed by atoms with Crippen LogP contribution in [0.2, 0.25) is 0 Å². The molecule has 1 aliphatic rings. The van der Waals surface area contributed by atoms with Crippen LogP contribution in [0.3, 0.4) is 0 Å². The summed E-state index contributed by atoms with van der Waals surface area (Å²) in [6, 6.07) is 11.6. The Morgan fingerprint density at radius 2 is 1.92 bits per heavy atom. The predicted molar refractivity (Wildman–Crippen MR) is 103 cm³/mol. The van der Waals surface area contributed by atoms with Crippen LogP contribution < -0.4 is 10.1 Å². The average molecular weight is 372 g/mol. The summed E-state index contributed by atoms with van der Waals surface area (Å²) in [7, 11) is 1.66. The van der Waals surface area contributed by atoms with Crippen LogP contribution in [0.5, 0.6) is 5.75 Å². The van der Waals surface area contributed by atoms with Crippen LogP contribution in [0.25, 0.3) is 0 Å². The molecule has 1 N–H and O–H groups in total. The van der Waals surface area contributed by atoms with Gasteiger partial charge in [0.15, 0.2) is 5.78 Å². The maximum atomic E-state index is 12.5. The van der Waals surface area contributed by atoms with Crippen LogP contribution in [0.4, 0.5) is 0 Å². The van der Waals surface area contributed by atoms with Gasteiger partial charge in [-0.2, -0.15) is 0 Å². The molecule has 1 aromatic heterocycles. The van der Waals surface area contributed by atoms with Gasteiger partial charge in [0.2, 0.25) is 0 Å². The Bertz CT molecular complexity index is 781. The maximum Gasteiger partial charge on any atom is 0.261 e. The molecular formula is C20H24N2O3S. The van der Waals surface area contributed by atoms with Gasteiger partial charge in [0.05, 0.1) is 22.9 Å². The molecule has 1 atom stereocenters. The number of rotatable bonds is 7. The van der Waals surface area contributed by atoms with Gasteiger partial charge in [-0.1, -0.05) is 12.1 Å². The molecule has 5 nitrogen and oxygen atoms in total. The first kappa shape index (κ1) is 18.6. The van der Waals surface area contributed by atoms with Gasteiger partial charge >= 0.3 is 0 Å². The zero-order valence-corrected chi connectivity index (χ0v) is 16.0. The normalized spacial score (nSPS) is 15.6. The van der Waals surface area contributed by atoms with E-state index in [2.05, 4.69) is 16.3 Å². The van der Waals surface area contributed by atoms with Crippen LogP contribution in [0.15, 0.2) is 36.4 Å². The predicted octanol–water partition coefficient (Wildman–Crippen LogP) is 3.53. The molecule has 0 aliphatic carbocycles. The van der Waals surface area contributed by atoms with Crippen molar-refractivity contribution < 1.29 is 14.3 Å². The molecule has 2 heterocycles. The Hall–Kier alpha value is -2.18. The molecule has 0 radical (unpaired) electrons. The zero-order valence-electron chi connectivity index (χ0n) is 15.2. The lowest BCUT2D eigenvalue weighted by molar-refractivity contribution is 0.0941. The maximum absolute atomic E-state index is 12.5. The number of carbonyl (C=O) groups is 2. The van der Waals surface area contributed by atoms with E-state index in [1.165, 1.54) is 31.1 Å². The molecule has 138 valence electrons. The highest BCUT2D eigenvalue weighted by Gasteiger charge is 2.24. The Morgan fingerprint density at radius 3 is 2.58 bits per heavy atom. The summed E-state index contributed by atoms with van der Waals surface area (Å²) < 4.78 is 5.35. The fourth-order valence-corrected chi connectivity index (χ4v) is 4.10. The number of hydrogen-bond acceptors (Lipinski definition) is 5. The third kappa shape index (κ3) is 4.31. The van der Waals surface area contributed by atoms with Crippen molar-refractivity contribution in [3.05, 3.63) is 51.7 Å². The van der Waals surface area contributed by atoms with E-state index in [4.69, 9.17) is 4.74 Å². The van der Waals surface area contributed by atoms with E-state index >= 15 is 0 Å². The van der Waals surface area contributed by atoms with E-state index in [0.717, 1.165) is 24.4 Å². The lowest BCUT2D eigenvalue weighted by Crippen LogP contribution is -2.36. The summed E-state index contributed by atoms with van der Waals surface area (Å²) in [5.74, 6) is 0.678. The molecule has 1 fully saturated rings. The highest BCUT2D eigenvalue weighted by molar-refractivity contribution is 7.15. The first-order valence-corrected chi connectivity index (χ1v) is 9.67. The molecule has 1 saturated heterocycles. The summed E-state index contributed by atoms with van der Waals surface area (Å²) in [5, 5.41) is 3.04. The van der Waals surface area contributed by atoms with Crippen molar-refractivity contribution >= 4 is 23.0 Å². The number of methoxy groups -OCH3 is 1. The van der Waals surface area contributed by atoms with Gasteiger partial charge in [0.25, 0.3) is 5.91 Å². The minimum absolute atomic E-state index is 0.0135. The van der Waals surface area contributed by atoms with Crippen molar-refractivity contribution in [2.24, 2.45) is 0 Å². The van der Waals surface area contributed by atoms with Crippen molar-refractivity contribution in [3.8, 4) is 5.75 Å². The second-order valence-electron chi connectivity index (χ2n) is 6.47. The van der Waals surface area contributed by atoms with E-state index in [1.54, 1.807) is 19.2 Å². The highest BCUT2D eigenvalue weighted by Crippen LogP contribution is 2.27. The first-order chi connectivity index (χ1) is 12.6. The van der Waals surface area contributed by atoms with Crippen molar-refractivity contribution in [2.75, 3.05) is 26.7 Å². The van der Waals surface area contributed by atoms with Crippen LogP contribution in [0.1, 0.15) is 50.7 Å². The number of hydrogen-bond donors (Lipinski definition) is 1. The molecule has 6 heteroatoms. The third-order valence-corrected chi connectivity index (χ3v) is 5.88. The van der Waals surface area contributed by atoms with Gasteiger partial charge in [-0.15, -0.1) is 11.3 Å². The Balaban J connectivity index is 1.72. The number of benzene rings is 1. The monoisotopic (exact) mass is 372 g/mol. The highest BCUT2D eigenvalue weighted by atomic mass is 32.1. The lowest BCUT2D eigenvalue weighted by Gasteiger charge is -2.28. The second-order valence-corrected chi connectivity index (χ2v) is 7.55. The molecule has 1 aliphatic heterocycles. The molecular weight excluding hydrogens is 348 g/mol. The molecule has 2 aromatic rings. The summed E-state index contributed by atoms with van der Waals surface area (Å²) in [5.41, 5.74) is 1.14. The summed E-state index contributed by atoms with van der Waals surface area (Å²) in [4.78, 5) is 27.5. The molecule has 0 bridgehead atoms. The van der Waals surface area contributed by atoms with E-state index in [1.807, 2.05) is 18.2 Å². The van der Waals surface area contributed by atoms with E-state index in [9.17, 15) is 9.59 Å². The topological polar surface area (TPSA) is 58.6 Å². The number of nitrogens with one attached hydrogen (secondary N) is 1. The quantitative estimate of drug-likeness (QED) is 0.756. The summed E-state index contributed by atoms with van der Waals surface area (Å²) in [6.07, 6.45) is 2.36. The van der Waals surface area contributed by atoms with Gasteiger partial charge < -0.3 is 10.1 Å². The van der Waals surface area contributed by atoms with Crippen molar-refractivity contribution in [1.82, 2.24) is 10.2 Å². The van der Waals surface area contributed by atoms with Crippen molar-refractivity contribution in [1.29, 1.82) is 0 Å². The van der Waals surface area contributed by atoms with Crippen LogP contribution in [0, 0.1) is 0 Å². The number of Topliss-reactive ketones (excluding diaryl/α,β-unsaturated/α-hetero) is 1. The average Bonchev–Trinajstić information content (AvgIpc) is 3.34. The van der Waals surface area contributed by atoms with Gasteiger partial charge in [0.1, 0.15) is 5.75 Å². The van der Waals surface area contributed by atoms with Gasteiger partial charge in [-0.3, -0.25) is 14.5 Å². The Morgan fingerprint density at radius 1 is 1.19 bits per heavy atom. The minimum Gasteiger partial charge on any atom is -0.497 e. The third-order valence-electron chi connectivity index (χ3n) is 4.69. The lowest BCUT2D eigenvalue weighted by atomic mass is 10.0. The largest absolute Gasteiger partial charge is 0.497 e.